The number of piperidine rings is 1. The maximum absolute atomic E-state index is 11.4. The van der Waals surface area contributed by atoms with Crippen molar-refractivity contribution in [3.63, 3.8) is 0 Å². The summed E-state index contributed by atoms with van der Waals surface area (Å²) in [4.78, 5) is 17.9. The molecule has 0 bridgehead atoms. The van der Waals surface area contributed by atoms with E-state index in [2.05, 4.69) is 57.5 Å². The summed E-state index contributed by atoms with van der Waals surface area (Å²) in [6.45, 7) is 11.0. The second-order valence-corrected chi connectivity index (χ2v) is 8.02. The largest absolute Gasteiger partial charge is 0.299 e. The first-order valence-corrected chi connectivity index (χ1v) is 10.2. The molecule has 4 heteroatoms. The van der Waals surface area contributed by atoms with Crippen LogP contribution in [-0.4, -0.2) is 43.6 Å². The van der Waals surface area contributed by atoms with Gasteiger partial charge in [0.15, 0.2) is 5.78 Å². The molecule has 0 aromatic heterocycles. The van der Waals surface area contributed by atoms with Gasteiger partial charge >= 0.3 is 0 Å². The normalized spacial score (nSPS) is 17.5. The quantitative estimate of drug-likeness (QED) is 0.323. The summed E-state index contributed by atoms with van der Waals surface area (Å²) in [7, 11) is 1.75. The number of carbonyl (C=O) groups excluding carboxylic acids is 1. The molecule has 1 heterocycles. The maximum atomic E-state index is 11.4. The number of aliphatic imine (C=N–C) groups is 1. The summed E-state index contributed by atoms with van der Waals surface area (Å²) in [5, 5.41) is 0. The van der Waals surface area contributed by atoms with E-state index in [1.807, 2.05) is 18.2 Å². The van der Waals surface area contributed by atoms with Crippen LogP contribution in [0.25, 0.3) is 0 Å². The number of hydrogen-bond acceptors (Lipinski definition) is 3. The van der Waals surface area contributed by atoms with Crippen LogP contribution < -0.4 is 0 Å². The van der Waals surface area contributed by atoms with Gasteiger partial charge in [-0.1, -0.05) is 58.4 Å². The number of benzene rings is 1. The monoisotopic (exact) mass is 428 g/mol. The molecule has 0 aliphatic carbocycles. The Bertz CT molecular complexity index is 751. The van der Waals surface area contributed by atoms with Crippen LogP contribution in [0.2, 0.25) is 0 Å². The number of carbonyl (C=O) groups is 1. The van der Waals surface area contributed by atoms with Crippen molar-refractivity contribution in [2.75, 3.05) is 26.7 Å². The Hall–Kier alpha value is -1.78. The van der Waals surface area contributed by atoms with Crippen LogP contribution in [0, 0.1) is 0 Å². The molecule has 0 N–H and O–H groups in total. The van der Waals surface area contributed by atoms with Crippen LogP contribution in [0.3, 0.4) is 0 Å². The number of nitrogens with zero attached hydrogens (tertiary/aromatic N) is 2. The minimum absolute atomic E-state index is 0.128. The topological polar surface area (TPSA) is 32.7 Å². The van der Waals surface area contributed by atoms with Crippen molar-refractivity contribution in [1.29, 1.82) is 0 Å². The van der Waals surface area contributed by atoms with Crippen molar-refractivity contribution in [2.45, 2.75) is 32.6 Å². The van der Waals surface area contributed by atoms with E-state index in [9.17, 15) is 4.79 Å². The summed E-state index contributed by atoms with van der Waals surface area (Å²) in [5.41, 5.74) is 4.42. The Kier molecular flexibility index (Phi) is 8.39. The van der Waals surface area contributed by atoms with Crippen molar-refractivity contribution in [3.05, 3.63) is 69.8 Å². The van der Waals surface area contributed by atoms with Crippen LogP contribution in [-0.2, 0) is 0 Å². The van der Waals surface area contributed by atoms with E-state index < -0.39 is 0 Å². The van der Waals surface area contributed by atoms with Gasteiger partial charge in [-0.15, -0.1) is 0 Å². The molecule has 1 aromatic carbocycles. The molecule has 1 fully saturated rings. The predicted molar refractivity (Wildman–Crippen MR) is 119 cm³/mol. The first-order valence-electron chi connectivity index (χ1n) is 9.38. The second kappa shape index (κ2) is 10.5. The molecule has 1 saturated heterocycles. The lowest BCUT2D eigenvalue weighted by Gasteiger charge is -2.32. The fourth-order valence-electron chi connectivity index (χ4n) is 3.43. The highest BCUT2D eigenvalue weighted by Crippen LogP contribution is 2.28. The summed E-state index contributed by atoms with van der Waals surface area (Å²) in [5.74, 6) is 0.718. The van der Waals surface area contributed by atoms with E-state index in [1.165, 1.54) is 11.1 Å². The molecule has 2 rings (SSSR count). The second-order valence-electron chi connectivity index (χ2n) is 7.17. The molecule has 0 saturated carbocycles. The summed E-state index contributed by atoms with van der Waals surface area (Å²) >= 11 is 3.54. The Morgan fingerprint density at radius 2 is 1.89 bits per heavy atom. The zero-order valence-electron chi connectivity index (χ0n) is 16.5. The van der Waals surface area contributed by atoms with E-state index in [-0.39, 0.29) is 5.78 Å². The standard InChI is InChI=1S/C23H29BrN2O/c1-17(15-18(2)23(24)9-12-25-4)16-26-13-10-22(11-14-26)21-7-5-20(6-8-21)19(3)27/h5-9,12,15,22H,2,10-11,13-14,16H2,1,3-4H3/b17-15+,23-9+,25-12?. The zero-order chi connectivity index (χ0) is 19.8. The van der Waals surface area contributed by atoms with E-state index >= 15 is 0 Å². The minimum atomic E-state index is 0.128. The van der Waals surface area contributed by atoms with Crippen molar-refractivity contribution in [3.8, 4) is 0 Å². The lowest BCUT2D eigenvalue weighted by molar-refractivity contribution is 0.101. The number of likely N-dealkylation sites (tertiary alicyclic amines) is 1. The highest BCUT2D eigenvalue weighted by Gasteiger charge is 2.20. The molecule has 1 aliphatic heterocycles. The average Bonchev–Trinajstić information content (AvgIpc) is 2.66. The lowest BCUT2D eigenvalue weighted by Crippen LogP contribution is -2.34. The van der Waals surface area contributed by atoms with Crippen molar-refractivity contribution in [2.24, 2.45) is 4.99 Å². The van der Waals surface area contributed by atoms with Gasteiger partial charge in [-0.05, 0) is 62.9 Å². The fourth-order valence-corrected chi connectivity index (χ4v) is 3.66. The van der Waals surface area contributed by atoms with Crippen LogP contribution in [0.1, 0.15) is 48.5 Å². The van der Waals surface area contributed by atoms with Crippen LogP contribution in [0.15, 0.2) is 63.6 Å². The third kappa shape index (κ3) is 6.71. The molecule has 1 aromatic rings. The average molecular weight is 429 g/mol. The van der Waals surface area contributed by atoms with Gasteiger partial charge in [-0.3, -0.25) is 14.7 Å². The molecule has 144 valence electrons. The SMILES string of the molecule is C=C(/C=C(\C)CN1CCC(c2ccc(C(C)=O)cc2)CC1)/C(Br)=C\C=NC. The summed E-state index contributed by atoms with van der Waals surface area (Å²) in [6.07, 6.45) is 8.12. The van der Waals surface area contributed by atoms with Crippen molar-refractivity contribution in [1.82, 2.24) is 4.90 Å². The number of allylic oxidation sites excluding steroid dienone is 4. The van der Waals surface area contributed by atoms with E-state index in [0.717, 1.165) is 48.1 Å². The van der Waals surface area contributed by atoms with E-state index in [0.29, 0.717) is 5.92 Å². The van der Waals surface area contributed by atoms with Gasteiger partial charge in [0.2, 0.25) is 0 Å². The van der Waals surface area contributed by atoms with Gasteiger partial charge in [0.05, 0.1) is 0 Å². The van der Waals surface area contributed by atoms with E-state index in [1.54, 1.807) is 20.2 Å². The molecule has 27 heavy (non-hydrogen) atoms. The predicted octanol–water partition coefficient (Wildman–Crippen LogP) is 5.55. The number of ketones is 1. The molecule has 0 unspecified atom stereocenters. The number of Topliss-reactive ketones (excluding diaryl/α,β-unsaturated/α-hetero) is 1. The van der Waals surface area contributed by atoms with Crippen LogP contribution >= 0.6 is 15.9 Å². The molecular weight excluding hydrogens is 400 g/mol. The van der Waals surface area contributed by atoms with Gasteiger partial charge < -0.3 is 0 Å². The lowest BCUT2D eigenvalue weighted by atomic mass is 9.88. The van der Waals surface area contributed by atoms with Gasteiger partial charge in [0.25, 0.3) is 0 Å². The highest BCUT2D eigenvalue weighted by molar-refractivity contribution is 9.12. The van der Waals surface area contributed by atoms with Gasteiger partial charge in [-0.2, -0.15) is 0 Å². The molecule has 3 nitrogen and oxygen atoms in total. The molecule has 0 atom stereocenters. The Balaban J connectivity index is 1.87. The first kappa shape index (κ1) is 21.5. The zero-order valence-corrected chi connectivity index (χ0v) is 18.1. The van der Waals surface area contributed by atoms with Crippen molar-refractivity contribution < 1.29 is 4.79 Å². The summed E-state index contributed by atoms with van der Waals surface area (Å²) < 4.78 is 0.958. The van der Waals surface area contributed by atoms with Crippen molar-refractivity contribution >= 4 is 27.9 Å². The molecule has 0 radical (unpaired) electrons. The molecule has 0 amide bonds. The summed E-state index contributed by atoms with van der Waals surface area (Å²) in [6, 6.07) is 8.15. The minimum Gasteiger partial charge on any atom is -0.299 e. The maximum Gasteiger partial charge on any atom is 0.159 e. The Labute approximate surface area is 171 Å². The first-order chi connectivity index (χ1) is 12.9. The molecular formula is C23H29BrN2O. The number of halogens is 1. The smallest absolute Gasteiger partial charge is 0.159 e. The van der Waals surface area contributed by atoms with E-state index in [4.69, 9.17) is 0 Å². The third-order valence-electron chi connectivity index (χ3n) is 4.95. The number of hydrogen-bond donors (Lipinski definition) is 0. The van der Waals surface area contributed by atoms with Gasteiger partial charge in [0, 0.05) is 29.9 Å². The van der Waals surface area contributed by atoms with Gasteiger partial charge in [0.1, 0.15) is 0 Å². The Morgan fingerprint density at radius 1 is 1.26 bits per heavy atom. The highest BCUT2D eigenvalue weighted by atomic mass is 79.9. The molecule has 0 spiro atoms. The third-order valence-corrected chi connectivity index (χ3v) is 5.72. The molecule has 1 aliphatic rings. The fraction of sp³-hybridized carbons (Fsp3) is 0.391. The number of rotatable bonds is 7. The van der Waals surface area contributed by atoms with Gasteiger partial charge in [-0.25, -0.2) is 0 Å². The van der Waals surface area contributed by atoms with Crippen LogP contribution in [0.4, 0.5) is 0 Å². The van der Waals surface area contributed by atoms with Crippen LogP contribution in [0.5, 0.6) is 0 Å². The Morgan fingerprint density at radius 3 is 2.44 bits per heavy atom.